The minimum atomic E-state index is -0.346. The van der Waals surface area contributed by atoms with E-state index in [1.54, 1.807) is 0 Å². The van der Waals surface area contributed by atoms with Crippen molar-refractivity contribution in [2.24, 2.45) is 11.3 Å². The first-order valence-electron chi connectivity index (χ1n) is 9.03. The molecule has 3 heteroatoms. The van der Waals surface area contributed by atoms with Crippen LogP contribution < -0.4 is 0 Å². The standard InChI is InChI=1S/C21H24O3/c1-12-9-11-24-20-14-6-4-8-15-13(7-5-10-21(15,2)3)17(14)19(23)18(22)16(12)20/h6,8,12H,4-5,7,9-11H2,1-3H3. The molecule has 3 aliphatic carbocycles. The zero-order valence-electron chi connectivity index (χ0n) is 14.7. The van der Waals surface area contributed by atoms with Gasteiger partial charge >= 0.3 is 0 Å². The third kappa shape index (κ3) is 2.10. The second-order valence-electron chi connectivity index (χ2n) is 8.00. The SMILES string of the molecule is CC1CCOC2=C1C(=O)C(=O)C1=C3CCCC(C)(C)C3=CCC=C21. The molecule has 0 aromatic carbocycles. The van der Waals surface area contributed by atoms with Gasteiger partial charge in [0.2, 0.25) is 11.6 Å². The Morgan fingerprint density at radius 3 is 2.75 bits per heavy atom. The molecule has 0 aromatic rings. The number of ketones is 2. The van der Waals surface area contributed by atoms with Crippen LogP contribution in [-0.4, -0.2) is 18.2 Å². The fourth-order valence-corrected chi connectivity index (χ4v) is 4.64. The van der Waals surface area contributed by atoms with Crippen molar-refractivity contribution in [3.05, 3.63) is 45.8 Å². The van der Waals surface area contributed by atoms with E-state index in [-0.39, 0.29) is 22.9 Å². The third-order valence-electron chi connectivity index (χ3n) is 5.96. The van der Waals surface area contributed by atoms with Gasteiger partial charge in [0.15, 0.2) is 0 Å². The molecule has 1 unspecified atom stereocenters. The molecular weight excluding hydrogens is 300 g/mol. The molecule has 1 atom stereocenters. The first kappa shape index (κ1) is 15.6. The van der Waals surface area contributed by atoms with Crippen LogP contribution in [0.4, 0.5) is 0 Å². The van der Waals surface area contributed by atoms with E-state index < -0.39 is 0 Å². The van der Waals surface area contributed by atoms with Crippen molar-refractivity contribution in [1.82, 2.24) is 0 Å². The average molecular weight is 324 g/mol. The number of Topliss-reactive ketones (excluding diaryl/α,β-unsaturated/α-hetero) is 2. The molecule has 0 saturated heterocycles. The summed E-state index contributed by atoms with van der Waals surface area (Å²) in [6.07, 6.45) is 8.97. The first-order valence-corrected chi connectivity index (χ1v) is 9.03. The lowest BCUT2D eigenvalue weighted by Gasteiger charge is -2.37. The molecule has 0 amide bonds. The van der Waals surface area contributed by atoms with Gasteiger partial charge in [0.05, 0.1) is 6.61 Å². The lowest BCUT2D eigenvalue weighted by molar-refractivity contribution is -0.133. The predicted molar refractivity (Wildman–Crippen MR) is 92.2 cm³/mol. The second kappa shape index (κ2) is 5.30. The summed E-state index contributed by atoms with van der Waals surface area (Å²) < 4.78 is 5.91. The first-order chi connectivity index (χ1) is 11.4. The van der Waals surface area contributed by atoms with Gasteiger partial charge in [-0.2, -0.15) is 0 Å². The molecule has 126 valence electrons. The van der Waals surface area contributed by atoms with Crippen molar-refractivity contribution < 1.29 is 14.3 Å². The Balaban J connectivity index is 1.96. The zero-order chi connectivity index (χ0) is 17.1. The van der Waals surface area contributed by atoms with Crippen LogP contribution in [-0.2, 0) is 14.3 Å². The monoisotopic (exact) mass is 324 g/mol. The highest BCUT2D eigenvalue weighted by Gasteiger charge is 2.44. The summed E-state index contributed by atoms with van der Waals surface area (Å²) >= 11 is 0. The van der Waals surface area contributed by atoms with Crippen molar-refractivity contribution >= 4 is 11.6 Å². The Hall–Kier alpha value is -1.90. The van der Waals surface area contributed by atoms with Crippen molar-refractivity contribution in [3.8, 4) is 0 Å². The van der Waals surface area contributed by atoms with E-state index in [1.165, 1.54) is 5.57 Å². The van der Waals surface area contributed by atoms with Crippen LogP contribution in [0.5, 0.6) is 0 Å². The minimum Gasteiger partial charge on any atom is -0.492 e. The number of hydrogen-bond donors (Lipinski definition) is 0. The van der Waals surface area contributed by atoms with E-state index in [1.807, 2.05) is 6.92 Å². The van der Waals surface area contributed by atoms with Crippen LogP contribution in [0, 0.1) is 11.3 Å². The molecule has 1 aliphatic heterocycles. The summed E-state index contributed by atoms with van der Waals surface area (Å²) in [7, 11) is 0. The van der Waals surface area contributed by atoms with E-state index >= 15 is 0 Å². The highest BCUT2D eigenvalue weighted by atomic mass is 16.5. The van der Waals surface area contributed by atoms with Gasteiger partial charge in [-0.05, 0) is 54.6 Å². The Morgan fingerprint density at radius 2 is 1.96 bits per heavy atom. The second-order valence-corrected chi connectivity index (χ2v) is 8.00. The van der Waals surface area contributed by atoms with Crippen molar-refractivity contribution in [2.45, 2.75) is 52.9 Å². The van der Waals surface area contributed by atoms with Gasteiger partial charge < -0.3 is 4.74 Å². The molecule has 0 spiro atoms. The maximum absolute atomic E-state index is 13.0. The molecule has 0 aromatic heterocycles. The predicted octanol–water partition coefficient (Wildman–Crippen LogP) is 4.21. The van der Waals surface area contributed by atoms with Crippen molar-refractivity contribution in [1.29, 1.82) is 0 Å². The Bertz CT molecular complexity index is 771. The zero-order valence-corrected chi connectivity index (χ0v) is 14.7. The maximum atomic E-state index is 13.0. The van der Waals surface area contributed by atoms with Crippen LogP contribution in [0.25, 0.3) is 0 Å². The minimum absolute atomic E-state index is 0.0581. The maximum Gasteiger partial charge on any atom is 0.234 e. The third-order valence-corrected chi connectivity index (χ3v) is 5.96. The molecule has 3 nitrogen and oxygen atoms in total. The molecule has 1 fully saturated rings. The summed E-state index contributed by atoms with van der Waals surface area (Å²) in [5, 5.41) is 0. The van der Waals surface area contributed by atoms with E-state index in [4.69, 9.17) is 4.74 Å². The molecule has 4 rings (SSSR count). The van der Waals surface area contributed by atoms with Crippen LogP contribution >= 0.6 is 0 Å². The van der Waals surface area contributed by atoms with E-state index in [9.17, 15) is 9.59 Å². The summed E-state index contributed by atoms with van der Waals surface area (Å²) in [5.41, 5.74) is 4.50. The summed E-state index contributed by atoms with van der Waals surface area (Å²) in [5.74, 6) is 0.106. The van der Waals surface area contributed by atoms with E-state index in [0.717, 1.165) is 43.3 Å². The van der Waals surface area contributed by atoms with Gasteiger partial charge in [0, 0.05) is 16.7 Å². The Labute approximate surface area is 143 Å². The fourth-order valence-electron chi connectivity index (χ4n) is 4.64. The van der Waals surface area contributed by atoms with Gasteiger partial charge in [-0.1, -0.05) is 32.9 Å². The molecule has 24 heavy (non-hydrogen) atoms. The Morgan fingerprint density at radius 1 is 1.17 bits per heavy atom. The van der Waals surface area contributed by atoms with Crippen molar-refractivity contribution in [3.63, 3.8) is 0 Å². The average Bonchev–Trinajstić information content (AvgIpc) is 2.73. The van der Waals surface area contributed by atoms with Gasteiger partial charge in [-0.3, -0.25) is 9.59 Å². The number of carbonyl (C=O) groups is 2. The quantitative estimate of drug-likeness (QED) is 0.627. The van der Waals surface area contributed by atoms with Crippen LogP contribution in [0.1, 0.15) is 52.9 Å². The lowest BCUT2D eigenvalue weighted by Crippen LogP contribution is -2.35. The van der Waals surface area contributed by atoms with E-state index in [2.05, 4.69) is 26.0 Å². The highest BCUT2D eigenvalue weighted by molar-refractivity contribution is 6.52. The molecule has 0 N–H and O–H groups in total. The smallest absolute Gasteiger partial charge is 0.234 e. The fraction of sp³-hybridized carbons (Fsp3) is 0.524. The molecule has 1 saturated carbocycles. The Kier molecular flexibility index (Phi) is 3.45. The van der Waals surface area contributed by atoms with Gasteiger partial charge in [-0.25, -0.2) is 0 Å². The topological polar surface area (TPSA) is 43.4 Å². The number of allylic oxidation sites excluding steroid dienone is 6. The van der Waals surface area contributed by atoms with Crippen molar-refractivity contribution in [2.75, 3.05) is 6.61 Å². The molecular formula is C21H24O3. The molecule has 0 bridgehead atoms. The number of rotatable bonds is 0. The molecule has 4 aliphatic rings. The van der Waals surface area contributed by atoms with E-state index in [0.29, 0.717) is 23.5 Å². The van der Waals surface area contributed by atoms with Crippen LogP contribution in [0.15, 0.2) is 45.8 Å². The van der Waals surface area contributed by atoms with Crippen LogP contribution in [0.3, 0.4) is 0 Å². The normalized spacial score (nSPS) is 29.0. The number of fused-ring (bicyclic) bond motifs is 3. The summed E-state index contributed by atoms with van der Waals surface area (Å²) in [4.78, 5) is 25.8. The number of hydrogen-bond acceptors (Lipinski definition) is 3. The van der Waals surface area contributed by atoms with Gasteiger partial charge in [0.25, 0.3) is 0 Å². The molecule has 0 radical (unpaired) electrons. The summed E-state index contributed by atoms with van der Waals surface area (Å²) in [6.45, 7) is 7.12. The van der Waals surface area contributed by atoms with Crippen LogP contribution in [0.2, 0.25) is 0 Å². The summed E-state index contributed by atoms with van der Waals surface area (Å²) in [6, 6.07) is 0. The number of ether oxygens (including phenoxy) is 1. The van der Waals surface area contributed by atoms with Gasteiger partial charge in [-0.15, -0.1) is 0 Å². The largest absolute Gasteiger partial charge is 0.492 e. The highest BCUT2D eigenvalue weighted by Crippen LogP contribution is 2.49. The molecule has 1 heterocycles. The number of carbonyl (C=O) groups excluding carboxylic acids is 2. The lowest BCUT2D eigenvalue weighted by atomic mass is 9.67. The van der Waals surface area contributed by atoms with Gasteiger partial charge in [0.1, 0.15) is 5.76 Å².